The van der Waals surface area contributed by atoms with Gasteiger partial charge in [-0.3, -0.25) is 4.79 Å². The molecule has 1 aliphatic carbocycles. The first-order valence-corrected chi connectivity index (χ1v) is 9.21. The molecule has 0 bridgehead atoms. The van der Waals surface area contributed by atoms with E-state index in [1.165, 1.54) is 38.5 Å². The molecule has 132 valence electrons. The molecule has 24 heavy (non-hydrogen) atoms. The second-order valence-electron chi connectivity index (χ2n) is 7.98. The van der Waals surface area contributed by atoms with Crippen LogP contribution in [0.1, 0.15) is 50.5 Å². The first-order valence-electron chi connectivity index (χ1n) is 9.21. The highest BCUT2D eigenvalue weighted by Gasteiger charge is 2.38. The third kappa shape index (κ3) is 3.87. The lowest BCUT2D eigenvalue weighted by atomic mass is 9.65. The first kappa shape index (κ1) is 17.2. The van der Waals surface area contributed by atoms with Crippen molar-refractivity contribution in [3.8, 4) is 0 Å². The first-order chi connectivity index (χ1) is 11.5. The van der Waals surface area contributed by atoms with Crippen molar-refractivity contribution in [1.29, 1.82) is 0 Å². The van der Waals surface area contributed by atoms with Gasteiger partial charge in [-0.15, -0.1) is 0 Å². The molecule has 0 N–H and O–H groups in total. The summed E-state index contributed by atoms with van der Waals surface area (Å²) in [6.07, 6.45) is 12.0. The van der Waals surface area contributed by atoms with Gasteiger partial charge in [-0.1, -0.05) is 0 Å². The Bertz CT molecular complexity index is 551. The number of aryl methyl sites for hydroxylation is 1. The van der Waals surface area contributed by atoms with E-state index in [4.69, 9.17) is 0 Å². The third-order valence-corrected chi connectivity index (χ3v) is 6.00. The minimum absolute atomic E-state index is 0.280. The highest BCUT2D eigenvalue weighted by Crippen LogP contribution is 2.47. The lowest BCUT2D eigenvalue weighted by molar-refractivity contribution is -0.130. The van der Waals surface area contributed by atoms with E-state index in [1.54, 1.807) is 4.90 Å². The Morgan fingerprint density at radius 3 is 2.29 bits per heavy atom. The van der Waals surface area contributed by atoms with Crippen molar-refractivity contribution in [2.24, 2.45) is 11.3 Å². The van der Waals surface area contributed by atoms with E-state index in [2.05, 4.69) is 14.9 Å². The van der Waals surface area contributed by atoms with Crippen molar-refractivity contribution in [2.75, 3.05) is 32.1 Å². The van der Waals surface area contributed by atoms with Crippen LogP contribution in [-0.2, 0) is 4.79 Å². The number of amides is 1. The molecule has 5 heteroatoms. The van der Waals surface area contributed by atoms with Gasteiger partial charge in [0.15, 0.2) is 0 Å². The van der Waals surface area contributed by atoms with Crippen molar-refractivity contribution in [3.05, 3.63) is 18.0 Å². The fourth-order valence-electron chi connectivity index (χ4n) is 4.15. The van der Waals surface area contributed by atoms with E-state index >= 15 is 0 Å². The van der Waals surface area contributed by atoms with Crippen LogP contribution in [0, 0.1) is 18.3 Å². The van der Waals surface area contributed by atoms with Crippen LogP contribution < -0.4 is 4.90 Å². The Morgan fingerprint density at radius 2 is 1.75 bits per heavy atom. The van der Waals surface area contributed by atoms with Crippen LogP contribution in [0.2, 0.25) is 0 Å². The number of carbonyl (C=O) groups is 1. The molecular weight excluding hydrogens is 300 g/mol. The summed E-state index contributed by atoms with van der Waals surface area (Å²) in [5.74, 6) is 1.74. The zero-order valence-corrected chi connectivity index (χ0v) is 15.3. The van der Waals surface area contributed by atoms with Crippen molar-refractivity contribution in [3.63, 3.8) is 0 Å². The number of piperidine rings is 1. The monoisotopic (exact) mass is 330 g/mol. The predicted molar refractivity (Wildman–Crippen MR) is 95.9 cm³/mol. The number of rotatable bonds is 3. The quantitative estimate of drug-likeness (QED) is 0.855. The Morgan fingerprint density at radius 1 is 1.17 bits per heavy atom. The average molecular weight is 330 g/mol. The van der Waals surface area contributed by atoms with Crippen LogP contribution in [0.3, 0.4) is 0 Å². The molecule has 0 radical (unpaired) electrons. The summed E-state index contributed by atoms with van der Waals surface area (Å²) in [6.45, 7) is 4.14. The third-order valence-electron chi connectivity index (χ3n) is 6.00. The van der Waals surface area contributed by atoms with Crippen LogP contribution in [0.5, 0.6) is 0 Å². The van der Waals surface area contributed by atoms with E-state index in [-0.39, 0.29) is 5.91 Å². The van der Waals surface area contributed by atoms with Gasteiger partial charge in [0, 0.05) is 46.0 Å². The highest BCUT2D eigenvalue weighted by molar-refractivity contribution is 5.75. The molecule has 1 amide bonds. The zero-order valence-electron chi connectivity index (χ0n) is 15.3. The minimum Gasteiger partial charge on any atom is -0.349 e. The van der Waals surface area contributed by atoms with E-state index < -0.39 is 0 Å². The lowest BCUT2D eigenvalue weighted by Gasteiger charge is -2.46. The second-order valence-corrected chi connectivity index (χ2v) is 7.98. The summed E-state index contributed by atoms with van der Waals surface area (Å²) in [6, 6.07) is 0. The molecule has 1 aliphatic heterocycles. The number of aromatic nitrogens is 2. The van der Waals surface area contributed by atoms with Crippen molar-refractivity contribution in [1.82, 2.24) is 14.9 Å². The van der Waals surface area contributed by atoms with Gasteiger partial charge in [-0.05, 0) is 62.3 Å². The molecular formula is C19H30N4O. The minimum atomic E-state index is 0.280. The zero-order chi connectivity index (χ0) is 17.2. The summed E-state index contributed by atoms with van der Waals surface area (Å²) >= 11 is 0. The Hall–Kier alpha value is -1.65. The maximum atomic E-state index is 11.9. The molecule has 0 aromatic carbocycles. The van der Waals surface area contributed by atoms with Gasteiger partial charge in [0.25, 0.3) is 0 Å². The summed E-state index contributed by atoms with van der Waals surface area (Å²) in [4.78, 5) is 24.9. The molecule has 2 aliphatic rings. The molecule has 5 nitrogen and oxygen atoms in total. The van der Waals surface area contributed by atoms with Crippen molar-refractivity contribution >= 4 is 11.9 Å². The number of hydrogen-bond acceptors (Lipinski definition) is 4. The van der Waals surface area contributed by atoms with Crippen LogP contribution in [0.25, 0.3) is 0 Å². The highest BCUT2D eigenvalue weighted by atomic mass is 16.2. The van der Waals surface area contributed by atoms with Gasteiger partial charge in [-0.25, -0.2) is 9.97 Å². The van der Waals surface area contributed by atoms with Gasteiger partial charge >= 0.3 is 0 Å². The van der Waals surface area contributed by atoms with Gasteiger partial charge in [0.1, 0.15) is 0 Å². The molecule has 0 unspecified atom stereocenters. The predicted octanol–water partition coefficient (Wildman–Crippen LogP) is 3.04. The topological polar surface area (TPSA) is 49.3 Å². The number of nitrogens with zero attached hydrogens (tertiary/aromatic N) is 4. The molecule has 0 atom stereocenters. The Balaban J connectivity index is 1.50. The molecule has 1 aromatic rings. The van der Waals surface area contributed by atoms with Crippen LogP contribution in [0.4, 0.5) is 5.95 Å². The molecule has 2 fully saturated rings. The molecule has 1 aromatic heterocycles. The van der Waals surface area contributed by atoms with E-state index in [0.29, 0.717) is 11.3 Å². The van der Waals surface area contributed by atoms with E-state index in [9.17, 15) is 4.79 Å². The standard InChI is InChI=1S/C19H30N4O/c1-15-13-20-18(21-14-15)23-10-8-19(9-11-23)6-4-16(5-7-19)12-17(24)22(2)3/h13-14,16H,4-12H2,1-3H3. The van der Waals surface area contributed by atoms with Gasteiger partial charge < -0.3 is 9.80 Å². The van der Waals surface area contributed by atoms with Crippen LogP contribution in [0.15, 0.2) is 12.4 Å². The van der Waals surface area contributed by atoms with Gasteiger partial charge in [0.2, 0.25) is 11.9 Å². The van der Waals surface area contributed by atoms with E-state index in [0.717, 1.165) is 31.0 Å². The summed E-state index contributed by atoms with van der Waals surface area (Å²) in [5.41, 5.74) is 1.61. The smallest absolute Gasteiger partial charge is 0.225 e. The van der Waals surface area contributed by atoms with E-state index in [1.807, 2.05) is 33.4 Å². The molecule has 1 spiro atoms. The largest absolute Gasteiger partial charge is 0.349 e. The average Bonchev–Trinajstić information content (AvgIpc) is 2.59. The Kier molecular flexibility index (Phi) is 5.07. The fraction of sp³-hybridized carbons (Fsp3) is 0.737. The molecule has 1 saturated carbocycles. The van der Waals surface area contributed by atoms with Gasteiger partial charge in [0.05, 0.1) is 0 Å². The number of anilines is 1. The lowest BCUT2D eigenvalue weighted by Crippen LogP contribution is -2.43. The number of hydrogen-bond donors (Lipinski definition) is 0. The summed E-state index contributed by atoms with van der Waals surface area (Å²) in [5, 5.41) is 0. The van der Waals surface area contributed by atoms with Crippen LogP contribution >= 0.6 is 0 Å². The summed E-state index contributed by atoms with van der Waals surface area (Å²) < 4.78 is 0. The molecule has 1 saturated heterocycles. The fourth-order valence-corrected chi connectivity index (χ4v) is 4.15. The Labute approximate surface area is 145 Å². The van der Waals surface area contributed by atoms with Crippen molar-refractivity contribution < 1.29 is 4.79 Å². The van der Waals surface area contributed by atoms with Crippen molar-refractivity contribution in [2.45, 2.75) is 51.9 Å². The maximum absolute atomic E-state index is 11.9. The molecule has 3 rings (SSSR count). The maximum Gasteiger partial charge on any atom is 0.225 e. The van der Waals surface area contributed by atoms with Crippen LogP contribution in [-0.4, -0.2) is 48.0 Å². The number of carbonyl (C=O) groups excluding carboxylic acids is 1. The second kappa shape index (κ2) is 7.08. The summed E-state index contributed by atoms with van der Waals surface area (Å²) in [7, 11) is 3.71. The molecule has 2 heterocycles. The SMILES string of the molecule is Cc1cnc(N2CCC3(CCC(CC(=O)N(C)C)CC3)CC2)nc1. The normalized spacial score (nSPS) is 21.0. The van der Waals surface area contributed by atoms with Gasteiger partial charge in [-0.2, -0.15) is 0 Å².